The fourth-order valence-electron chi connectivity index (χ4n) is 2.76. The van der Waals surface area contributed by atoms with Crippen LogP contribution in [-0.2, 0) is 11.3 Å². The van der Waals surface area contributed by atoms with E-state index in [2.05, 4.69) is 14.9 Å². The van der Waals surface area contributed by atoms with Gasteiger partial charge in [-0.25, -0.2) is 0 Å². The number of imide groups is 1. The largest absolute Gasteiger partial charge is 0.343 e. The van der Waals surface area contributed by atoms with Gasteiger partial charge in [0.15, 0.2) is 0 Å². The van der Waals surface area contributed by atoms with Crippen molar-refractivity contribution in [2.24, 2.45) is 0 Å². The first-order valence-corrected chi connectivity index (χ1v) is 8.24. The molecule has 0 unspecified atom stereocenters. The summed E-state index contributed by atoms with van der Waals surface area (Å²) in [7, 11) is 0. The average Bonchev–Trinajstić information content (AvgIpc) is 3.13. The van der Waals surface area contributed by atoms with Crippen LogP contribution in [0.2, 0.25) is 0 Å². The first kappa shape index (κ1) is 14.7. The predicted octanol–water partition coefficient (Wildman–Crippen LogP) is 3.41. The van der Waals surface area contributed by atoms with Crippen molar-refractivity contribution in [1.82, 2.24) is 14.9 Å². The average molecular weight is 335 g/mol. The van der Waals surface area contributed by atoms with Crippen LogP contribution in [-0.4, -0.2) is 20.7 Å². The zero-order valence-corrected chi connectivity index (χ0v) is 13.4. The predicted molar refractivity (Wildman–Crippen MR) is 94.4 cm³/mol. The molecule has 5 nitrogen and oxygen atoms in total. The van der Waals surface area contributed by atoms with Crippen LogP contribution in [0.25, 0.3) is 17.0 Å². The van der Waals surface area contributed by atoms with Gasteiger partial charge < -0.3 is 4.57 Å². The van der Waals surface area contributed by atoms with Crippen molar-refractivity contribution >= 4 is 39.9 Å². The molecule has 1 aliphatic rings. The van der Waals surface area contributed by atoms with Gasteiger partial charge in [-0.1, -0.05) is 12.1 Å². The van der Waals surface area contributed by atoms with Crippen LogP contribution >= 0.6 is 11.8 Å². The lowest BCUT2D eigenvalue weighted by molar-refractivity contribution is -0.115. The van der Waals surface area contributed by atoms with E-state index in [4.69, 9.17) is 0 Å². The van der Waals surface area contributed by atoms with Crippen molar-refractivity contribution in [2.45, 2.75) is 6.54 Å². The normalized spacial score (nSPS) is 16.1. The van der Waals surface area contributed by atoms with E-state index < -0.39 is 0 Å². The minimum atomic E-state index is -0.335. The topological polar surface area (TPSA) is 64.0 Å². The van der Waals surface area contributed by atoms with E-state index in [-0.39, 0.29) is 11.1 Å². The van der Waals surface area contributed by atoms with Crippen molar-refractivity contribution in [2.75, 3.05) is 0 Å². The molecule has 0 radical (unpaired) electrons. The van der Waals surface area contributed by atoms with E-state index in [0.717, 1.165) is 34.8 Å². The first-order chi connectivity index (χ1) is 11.7. The third kappa shape index (κ3) is 2.72. The summed E-state index contributed by atoms with van der Waals surface area (Å²) in [4.78, 5) is 27.5. The molecule has 0 bridgehead atoms. The van der Waals surface area contributed by atoms with Gasteiger partial charge in [0.2, 0.25) is 0 Å². The van der Waals surface area contributed by atoms with Gasteiger partial charge in [0.1, 0.15) is 0 Å². The quantitative estimate of drug-likeness (QED) is 0.745. The molecule has 6 heteroatoms. The van der Waals surface area contributed by atoms with Crippen LogP contribution in [0.5, 0.6) is 0 Å². The van der Waals surface area contributed by atoms with Gasteiger partial charge in [-0.2, -0.15) is 0 Å². The number of pyridine rings is 1. The number of hydrogen-bond donors (Lipinski definition) is 1. The Labute approximate surface area is 142 Å². The van der Waals surface area contributed by atoms with Crippen LogP contribution in [0, 0.1) is 0 Å². The molecule has 1 aliphatic heterocycles. The highest BCUT2D eigenvalue weighted by Gasteiger charge is 2.25. The standard InChI is InChI=1S/C18H13N3O2S/c22-17-16(24-18(23)20-17)10-13-2-1-3-15-14(13)6-9-21(15)11-12-4-7-19-8-5-12/h1-10H,11H2,(H,20,22,23). The minimum Gasteiger partial charge on any atom is -0.343 e. The summed E-state index contributed by atoms with van der Waals surface area (Å²) < 4.78 is 2.15. The van der Waals surface area contributed by atoms with Crippen molar-refractivity contribution < 1.29 is 9.59 Å². The summed E-state index contributed by atoms with van der Waals surface area (Å²) >= 11 is 0.934. The number of carbonyl (C=O) groups excluding carboxylic acids is 2. The molecule has 3 heterocycles. The number of aromatic nitrogens is 2. The van der Waals surface area contributed by atoms with Crippen molar-refractivity contribution in [1.29, 1.82) is 0 Å². The zero-order valence-electron chi connectivity index (χ0n) is 12.6. The molecule has 3 aromatic rings. The molecule has 24 heavy (non-hydrogen) atoms. The summed E-state index contributed by atoms with van der Waals surface area (Å²) in [6.45, 7) is 0.750. The highest BCUT2D eigenvalue weighted by molar-refractivity contribution is 8.18. The Hall–Kier alpha value is -2.86. The van der Waals surface area contributed by atoms with Gasteiger partial charge in [0.25, 0.3) is 11.1 Å². The van der Waals surface area contributed by atoms with E-state index in [0.29, 0.717) is 4.91 Å². The fourth-order valence-corrected chi connectivity index (χ4v) is 3.43. The molecule has 0 aliphatic carbocycles. The maximum Gasteiger partial charge on any atom is 0.290 e. The van der Waals surface area contributed by atoms with Gasteiger partial charge in [0.05, 0.1) is 4.91 Å². The summed E-state index contributed by atoms with van der Waals surface area (Å²) in [5, 5.41) is 3.00. The summed E-state index contributed by atoms with van der Waals surface area (Å²) in [5.74, 6) is -0.335. The first-order valence-electron chi connectivity index (χ1n) is 7.42. The van der Waals surface area contributed by atoms with Crippen LogP contribution in [0.1, 0.15) is 11.1 Å². The number of carbonyl (C=O) groups is 2. The Morgan fingerprint density at radius 2 is 1.96 bits per heavy atom. The van der Waals surface area contributed by atoms with E-state index in [1.807, 2.05) is 42.6 Å². The number of hydrogen-bond acceptors (Lipinski definition) is 4. The fraction of sp³-hybridized carbons (Fsp3) is 0.0556. The molecular formula is C18H13N3O2S. The van der Waals surface area contributed by atoms with Gasteiger partial charge >= 0.3 is 0 Å². The molecular weight excluding hydrogens is 322 g/mol. The molecule has 2 aromatic heterocycles. The monoisotopic (exact) mass is 335 g/mol. The van der Waals surface area contributed by atoms with Gasteiger partial charge in [0, 0.05) is 36.0 Å². The number of fused-ring (bicyclic) bond motifs is 1. The van der Waals surface area contributed by atoms with E-state index in [1.165, 1.54) is 5.56 Å². The number of amides is 2. The Kier molecular flexibility index (Phi) is 3.66. The van der Waals surface area contributed by atoms with Crippen LogP contribution < -0.4 is 5.32 Å². The smallest absolute Gasteiger partial charge is 0.290 e. The number of nitrogens with zero attached hydrogens (tertiary/aromatic N) is 2. The number of benzene rings is 1. The summed E-state index contributed by atoms with van der Waals surface area (Å²) in [5.41, 5.74) is 3.17. The Morgan fingerprint density at radius 1 is 1.12 bits per heavy atom. The molecule has 1 aromatic carbocycles. The lowest BCUT2D eigenvalue weighted by Gasteiger charge is -2.06. The highest BCUT2D eigenvalue weighted by atomic mass is 32.2. The highest BCUT2D eigenvalue weighted by Crippen LogP contribution is 2.29. The molecule has 1 fully saturated rings. The SMILES string of the molecule is O=C1NC(=O)C(=Cc2cccc3c2ccn3Cc2ccncc2)S1. The third-order valence-corrected chi connectivity index (χ3v) is 4.69. The van der Waals surface area contributed by atoms with Crippen molar-refractivity contribution in [3.8, 4) is 0 Å². The molecule has 118 valence electrons. The van der Waals surface area contributed by atoms with Crippen LogP contribution in [0.3, 0.4) is 0 Å². The maximum absolute atomic E-state index is 11.7. The van der Waals surface area contributed by atoms with Crippen LogP contribution in [0.4, 0.5) is 4.79 Å². The van der Waals surface area contributed by atoms with E-state index in [1.54, 1.807) is 18.5 Å². The lowest BCUT2D eigenvalue weighted by Crippen LogP contribution is -2.17. The second kappa shape index (κ2) is 5.98. The summed E-state index contributed by atoms with van der Waals surface area (Å²) in [6.07, 6.45) is 7.36. The molecule has 0 atom stereocenters. The number of thioether (sulfide) groups is 1. The number of rotatable bonds is 3. The Morgan fingerprint density at radius 3 is 2.71 bits per heavy atom. The van der Waals surface area contributed by atoms with Crippen molar-refractivity contribution in [3.05, 3.63) is 71.0 Å². The van der Waals surface area contributed by atoms with Crippen molar-refractivity contribution in [3.63, 3.8) is 0 Å². The Balaban J connectivity index is 1.73. The minimum absolute atomic E-state index is 0.325. The Bertz CT molecular complexity index is 976. The van der Waals surface area contributed by atoms with Gasteiger partial charge in [-0.3, -0.25) is 19.9 Å². The molecule has 2 amide bonds. The molecule has 1 N–H and O–H groups in total. The van der Waals surface area contributed by atoms with E-state index >= 15 is 0 Å². The molecule has 4 rings (SSSR count). The summed E-state index contributed by atoms with van der Waals surface area (Å²) in [6, 6.07) is 12.0. The maximum atomic E-state index is 11.7. The lowest BCUT2D eigenvalue weighted by atomic mass is 10.1. The zero-order chi connectivity index (χ0) is 16.5. The second-order valence-corrected chi connectivity index (χ2v) is 6.45. The molecule has 1 saturated heterocycles. The molecule has 0 spiro atoms. The third-order valence-electron chi connectivity index (χ3n) is 3.88. The van der Waals surface area contributed by atoms with Gasteiger partial charge in [-0.15, -0.1) is 0 Å². The van der Waals surface area contributed by atoms with E-state index in [9.17, 15) is 9.59 Å². The second-order valence-electron chi connectivity index (χ2n) is 5.43. The van der Waals surface area contributed by atoms with Gasteiger partial charge in [-0.05, 0) is 53.2 Å². The molecule has 0 saturated carbocycles. The number of nitrogens with one attached hydrogen (secondary N) is 1. The van der Waals surface area contributed by atoms with Crippen LogP contribution in [0.15, 0.2) is 59.9 Å².